The van der Waals surface area contributed by atoms with E-state index in [1.807, 2.05) is 44.2 Å². The minimum absolute atomic E-state index is 0.0744. The van der Waals surface area contributed by atoms with Gasteiger partial charge in [-0.25, -0.2) is 16.8 Å². The number of hydrogen-bond donors (Lipinski definition) is 0. The fourth-order valence-electron chi connectivity index (χ4n) is 3.18. The molecule has 32 heavy (non-hydrogen) atoms. The van der Waals surface area contributed by atoms with Gasteiger partial charge in [-0.1, -0.05) is 81.6 Å². The molecular formula is C25H27NO4S2. The Morgan fingerprint density at radius 3 is 1.59 bits per heavy atom. The van der Waals surface area contributed by atoms with E-state index in [9.17, 15) is 16.8 Å². The normalized spacial score (nSPS) is 12.1. The van der Waals surface area contributed by atoms with Crippen molar-refractivity contribution in [1.82, 2.24) is 3.71 Å². The number of aryl methyl sites for hydroxylation is 3. The first-order valence-corrected chi connectivity index (χ1v) is 13.1. The Bertz CT molecular complexity index is 1200. The van der Waals surface area contributed by atoms with E-state index in [0.717, 1.165) is 16.7 Å². The van der Waals surface area contributed by atoms with Gasteiger partial charge in [-0.15, -0.1) is 0 Å². The molecule has 168 valence electrons. The summed E-state index contributed by atoms with van der Waals surface area (Å²) in [6.07, 6.45) is 1.11. The molecule has 3 aromatic carbocycles. The highest BCUT2D eigenvalue weighted by atomic mass is 32.3. The smallest absolute Gasteiger partial charge is 0.206 e. The molecule has 5 nitrogen and oxygen atoms in total. The fourth-order valence-corrected chi connectivity index (χ4v) is 6.87. The van der Waals surface area contributed by atoms with E-state index >= 15 is 0 Å². The van der Waals surface area contributed by atoms with Gasteiger partial charge in [0.05, 0.1) is 16.3 Å². The Morgan fingerprint density at radius 2 is 1.16 bits per heavy atom. The summed E-state index contributed by atoms with van der Waals surface area (Å²) in [6.45, 7) is 7.33. The number of rotatable bonds is 9. The van der Waals surface area contributed by atoms with Crippen LogP contribution in [-0.2, 0) is 26.5 Å². The van der Waals surface area contributed by atoms with Gasteiger partial charge in [-0.05, 0) is 56.5 Å². The highest BCUT2D eigenvalue weighted by molar-refractivity contribution is 8.04. The summed E-state index contributed by atoms with van der Waals surface area (Å²) in [6, 6.07) is 22.0. The molecule has 0 heterocycles. The Kier molecular flexibility index (Phi) is 7.33. The first-order valence-electron chi connectivity index (χ1n) is 10.2. The molecular weight excluding hydrogens is 442 g/mol. The second kappa shape index (κ2) is 9.81. The molecule has 3 aromatic rings. The summed E-state index contributed by atoms with van der Waals surface area (Å²) < 4.78 is 54.4. The molecule has 0 aliphatic carbocycles. The maximum atomic E-state index is 13.4. The van der Waals surface area contributed by atoms with Gasteiger partial charge in [0.1, 0.15) is 0 Å². The predicted octanol–water partition coefficient (Wildman–Crippen LogP) is 4.87. The molecule has 0 radical (unpaired) electrons. The van der Waals surface area contributed by atoms with Crippen molar-refractivity contribution in [2.45, 2.75) is 36.5 Å². The van der Waals surface area contributed by atoms with Crippen molar-refractivity contribution in [2.24, 2.45) is 0 Å². The molecule has 0 saturated heterocycles. The number of sulfonamides is 2. The van der Waals surface area contributed by atoms with Crippen LogP contribution in [0.3, 0.4) is 0 Å². The molecule has 7 heteroatoms. The molecule has 0 unspecified atom stereocenters. The average molecular weight is 470 g/mol. The Morgan fingerprint density at radius 1 is 0.719 bits per heavy atom. The predicted molar refractivity (Wildman–Crippen MR) is 127 cm³/mol. The lowest BCUT2D eigenvalue weighted by atomic mass is 10.1. The summed E-state index contributed by atoms with van der Waals surface area (Å²) in [5.41, 5.74) is 3.34. The molecule has 0 N–H and O–H groups in total. The van der Waals surface area contributed by atoms with Crippen LogP contribution in [0.4, 0.5) is 0 Å². The van der Waals surface area contributed by atoms with E-state index in [0.29, 0.717) is 22.1 Å². The zero-order valence-electron chi connectivity index (χ0n) is 18.2. The summed E-state index contributed by atoms with van der Waals surface area (Å²) in [5, 5.41) is 0. The first kappa shape index (κ1) is 23.9. The van der Waals surface area contributed by atoms with E-state index in [2.05, 4.69) is 6.58 Å². The van der Waals surface area contributed by atoms with Crippen LogP contribution in [-0.4, -0.2) is 27.1 Å². The summed E-state index contributed by atoms with van der Waals surface area (Å²) >= 11 is 0. The lowest BCUT2D eigenvalue weighted by Gasteiger charge is -2.23. The second-order valence-electron chi connectivity index (χ2n) is 7.80. The molecule has 0 amide bonds. The lowest BCUT2D eigenvalue weighted by Crippen LogP contribution is -2.38. The Labute approximate surface area is 191 Å². The lowest BCUT2D eigenvalue weighted by molar-refractivity contribution is 0.507. The Balaban J connectivity index is 1.96. The molecule has 0 fully saturated rings. The number of benzene rings is 3. The van der Waals surface area contributed by atoms with Crippen molar-refractivity contribution in [3.63, 3.8) is 0 Å². The molecule has 0 spiro atoms. The van der Waals surface area contributed by atoms with Crippen molar-refractivity contribution in [1.29, 1.82) is 0 Å². The first-order chi connectivity index (χ1) is 15.1. The molecule has 0 aromatic heterocycles. The quantitative estimate of drug-likeness (QED) is 0.419. The zero-order chi connectivity index (χ0) is 23.4. The third kappa shape index (κ3) is 5.54. The zero-order valence-corrected chi connectivity index (χ0v) is 19.9. The van der Waals surface area contributed by atoms with Crippen LogP contribution >= 0.6 is 0 Å². The molecule has 0 saturated carbocycles. The molecule has 0 atom stereocenters. The van der Waals surface area contributed by atoms with Crippen LogP contribution in [0.1, 0.15) is 23.1 Å². The van der Waals surface area contributed by atoms with Gasteiger partial charge in [0, 0.05) is 0 Å². The molecule has 0 aliphatic rings. The van der Waals surface area contributed by atoms with Gasteiger partial charge in [0.25, 0.3) is 20.0 Å². The maximum Gasteiger partial charge on any atom is 0.256 e. The van der Waals surface area contributed by atoms with Crippen LogP contribution in [0.25, 0.3) is 0 Å². The number of hydrogen-bond acceptors (Lipinski definition) is 4. The third-order valence-corrected chi connectivity index (χ3v) is 9.38. The molecule has 3 rings (SSSR count). The maximum absolute atomic E-state index is 13.4. The summed E-state index contributed by atoms with van der Waals surface area (Å²) in [5.74, 6) is 0. The number of nitrogens with zero attached hydrogens (tertiary/aromatic N) is 1. The minimum Gasteiger partial charge on any atom is -0.206 e. The topological polar surface area (TPSA) is 71.5 Å². The molecule has 0 bridgehead atoms. The van der Waals surface area contributed by atoms with Gasteiger partial charge >= 0.3 is 0 Å². The van der Waals surface area contributed by atoms with Crippen LogP contribution in [0.2, 0.25) is 0 Å². The summed E-state index contributed by atoms with van der Waals surface area (Å²) in [7, 11) is -8.65. The van der Waals surface area contributed by atoms with Crippen molar-refractivity contribution in [3.8, 4) is 0 Å². The molecule has 0 aliphatic heterocycles. The van der Waals surface area contributed by atoms with Crippen LogP contribution in [0.15, 0.2) is 101 Å². The third-order valence-electron chi connectivity index (χ3n) is 5.14. The standard InChI is InChI=1S/C25H27NO4S2/c1-20-10-15-24(16-11-20)31(27,28)26(32(29,30)25-17-12-21(2)13-18-25)19-22(3)9-14-23-7-5-4-6-8-23/h4-8,10-13,15-18H,3,9,14,19H2,1-2H3. The highest BCUT2D eigenvalue weighted by Crippen LogP contribution is 2.26. The van der Waals surface area contributed by atoms with E-state index in [1.165, 1.54) is 24.3 Å². The van der Waals surface area contributed by atoms with E-state index in [-0.39, 0.29) is 16.3 Å². The van der Waals surface area contributed by atoms with Gasteiger partial charge in [-0.2, -0.15) is 0 Å². The van der Waals surface area contributed by atoms with E-state index < -0.39 is 20.0 Å². The Hall–Kier alpha value is -2.74. The van der Waals surface area contributed by atoms with Crippen LogP contribution in [0, 0.1) is 13.8 Å². The minimum atomic E-state index is -4.33. The van der Waals surface area contributed by atoms with E-state index in [4.69, 9.17) is 0 Å². The van der Waals surface area contributed by atoms with Crippen LogP contribution in [0.5, 0.6) is 0 Å². The van der Waals surface area contributed by atoms with Crippen molar-refractivity contribution < 1.29 is 16.8 Å². The largest absolute Gasteiger partial charge is 0.256 e. The van der Waals surface area contributed by atoms with Crippen molar-refractivity contribution in [2.75, 3.05) is 6.54 Å². The summed E-state index contributed by atoms with van der Waals surface area (Å²) in [4.78, 5) is -0.149. The van der Waals surface area contributed by atoms with Gasteiger partial charge in [0.2, 0.25) is 0 Å². The van der Waals surface area contributed by atoms with Gasteiger partial charge in [0.15, 0.2) is 0 Å². The highest BCUT2D eigenvalue weighted by Gasteiger charge is 2.36. The van der Waals surface area contributed by atoms with Gasteiger partial charge < -0.3 is 0 Å². The van der Waals surface area contributed by atoms with Crippen LogP contribution < -0.4 is 0 Å². The van der Waals surface area contributed by atoms with Crippen molar-refractivity contribution in [3.05, 3.63) is 108 Å². The average Bonchev–Trinajstić information content (AvgIpc) is 2.77. The SMILES string of the molecule is C=C(CCc1ccccc1)CN(S(=O)(=O)c1ccc(C)cc1)S(=O)(=O)c1ccc(C)cc1. The van der Waals surface area contributed by atoms with Crippen molar-refractivity contribution >= 4 is 20.0 Å². The second-order valence-corrected chi connectivity index (χ2v) is 11.8. The monoisotopic (exact) mass is 469 g/mol. The van der Waals surface area contributed by atoms with Gasteiger partial charge in [-0.3, -0.25) is 0 Å². The fraction of sp³-hybridized carbons (Fsp3) is 0.200. The van der Waals surface area contributed by atoms with E-state index in [1.54, 1.807) is 24.3 Å².